The molecule has 3 aromatic carbocycles. The number of benzene rings is 3. The quantitative estimate of drug-likeness (QED) is 0.475. The molecule has 108 valence electrons. The van der Waals surface area contributed by atoms with Gasteiger partial charge in [0.15, 0.2) is 0 Å². The van der Waals surface area contributed by atoms with Crippen LogP contribution in [0.4, 0.5) is 22.7 Å². The van der Waals surface area contributed by atoms with Gasteiger partial charge in [-0.1, -0.05) is 48.0 Å². The summed E-state index contributed by atoms with van der Waals surface area (Å²) in [5.74, 6) is 0. The molecular formula is C17H20N4. The van der Waals surface area contributed by atoms with Crippen molar-refractivity contribution >= 4 is 33.5 Å². The van der Waals surface area contributed by atoms with E-state index in [1.807, 2.05) is 30.3 Å². The summed E-state index contributed by atoms with van der Waals surface area (Å²) in [6, 6.07) is 17.5. The molecule has 4 nitrogen and oxygen atoms in total. The van der Waals surface area contributed by atoms with Crippen LogP contribution in [0.2, 0.25) is 0 Å². The first-order valence-corrected chi connectivity index (χ1v) is 6.64. The van der Waals surface area contributed by atoms with Gasteiger partial charge in [-0.2, -0.15) is 0 Å². The van der Waals surface area contributed by atoms with Crippen molar-refractivity contribution in [2.45, 2.75) is 6.92 Å². The zero-order chi connectivity index (χ0) is 15.4. The van der Waals surface area contributed by atoms with E-state index in [-0.39, 0.29) is 0 Å². The number of nitrogen functional groups attached to an aromatic ring is 4. The average molecular weight is 280 g/mol. The molecule has 3 aromatic rings. The van der Waals surface area contributed by atoms with Crippen LogP contribution in [-0.4, -0.2) is 0 Å². The lowest BCUT2D eigenvalue weighted by molar-refractivity contribution is 1.48. The Hall–Kier alpha value is -2.88. The first kappa shape index (κ1) is 14.5. The molecule has 0 saturated carbocycles. The monoisotopic (exact) mass is 280 g/mol. The van der Waals surface area contributed by atoms with E-state index in [1.54, 1.807) is 12.1 Å². The minimum atomic E-state index is 0.420. The highest BCUT2D eigenvalue weighted by Crippen LogP contribution is 2.34. The number of fused-ring (bicyclic) bond motifs is 1. The van der Waals surface area contributed by atoms with E-state index in [4.69, 9.17) is 22.9 Å². The minimum absolute atomic E-state index is 0.420. The van der Waals surface area contributed by atoms with Gasteiger partial charge in [0.05, 0.1) is 17.1 Å². The van der Waals surface area contributed by atoms with Crippen LogP contribution < -0.4 is 22.9 Å². The van der Waals surface area contributed by atoms with E-state index in [0.29, 0.717) is 22.7 Å². The van der Waals surface area contributed by atoms with Gasteiger partial charge in [0.1, 0.15) is 0 Å². The second kappa shape index (κ2) is 6.05. The number of hydrogen-bond donors (Lipinski definition) is 4. The van der Waals surface area contributed by atoms with Crippen molar-refractivity contribution in [3.05, 3.63) is 60.2 Å². The molecule has 0 aliphatic heterocycles. The van der Waals surface area contributed by atoms with Crippen molar-refractivity contribution in [2.75, 3.05) is 22.9 Å². The third kappa shape index (κ3) is 3.17. The van der Waals surface area contributed by atoms with E-state index in [9.17, 15) is 0 Å². The van der Waals surface area contributed by atoms with Crippen molar-refractivity contribution in [2.24, 2.45) is 0 Å². The van der Waals surface area contributed by atoms with E-state index in [1.165, 1.54) is 5.56 Å². The molecule has 0 aromatic heterocycles. The zero-order valence-electron chi connectivity index (χ0n) is 12.0. The van der Waals surface area contributed by atoms with Gasteiger partial charge in [0.2, 0.25) is 0 Å². The number of hydrogen-bond acceptors (Lipinski definition) is 4. The Bertz CT molecular complexity index is 752. The van der Waals surface area contributed by atoms with Gasteiger partial charge in [-0.05, 0) is 19.1 Å². The summed E-state index contributed by atoms with van der Waals surface area (Å²) in [5, 5.41) is 1.69. The molecule has 0 spiro atoms. The maximum atomic E-state index is 5.83. The molecule has 0 atom stereocenters. The molecule has 21 heavy (non-hydrogen) atoms. The van der Waals surface area contributed by atoms with Crippen molar-refractivity contribution in [3.8, 4) is 0 Å². The molecule has 3 rings (SSSR count). The van der Waals surface area contributed by atoms with Gasteiger partial charge < -0.3 is 22.9 Å². The van der Waals surface area contributed by atoms with Crippen molar-refractivity contribution in [1.29, 1.82) is 0 Å². The van der Waals surface area contributed by atoms with Gasteiger partial charge >= 0.3 is 0 Å². The lowest BCUT2D eigenvalue weighted by atomic mass is 10.0. The Morgan fingerprint density at radius 3 is 1.86 bits per heavy atom. The molecular weight excluding hydrogens is 260 g/mol. The van der Waals surface area contributed by atoms with Crippen molar-refractivity contribution in [3.63, 3.8) is 0 Å². The van der Waals surface area contributed by atoms with E-state index in [2.05, 4.69) is 19.1 Å². The minimum Gasteiger partial charge on any atom is -0.398 e. The average Bonchev–Trinajstić information content (AvgIpc) is 2.48. The summed E-state index contributed by atoms with van der Waals surface area (Å²) < 4.78 is 0. The SMILES string of the molecule is Cc1ccccc1.Nc1cc2c(N)cccc2c(N)c1N. The Labute approximate surface area is 124 Å². The fraction of sp³-hybridized carbons (Fsp3) is 0.0588. The largest absolute Gasteiger partial charge is 0.398 e. The molecule has 0 aliphatic rings. The Balaban J connectivity index is 0.000000194. The highest BCUT2D eigenvalue weighted by atomic mass is 14.7. The van der Waals surface area contributed by atoms with Gasteiger partial charge in [-0.15, -0.1) is 0 Å². The second-order valence-electron chi connectivity index (χ2n) is 4.89. The Morgan fingerprint density at radius 1 is 0.619 bits per heavy atom. The second-order valence-corrected chi connectivity index (χ2v) is 4.89. The van der Waals surface area contributed by atoms with Gasteiger partial charge in [-0.3, -0.25) is 0 Å². The van der Waals surface area contributed by atoms with E-state index < -0.39 is 0 Å². The van der Waals surface area contributed by atoms with Crippen LogP contribution in [0, 0.1) is 6.92 Å². The summed E-state index contributed by atoms with van der Waals surface area (Å²) in [6.07, 6.45) is 0. The standard InChI is InChI=1S/C10H12N4.C7H8/c11-7-3-1-2-5-6(7)4-8(12)10(14)9(5)13;1-7-5-3-2-4-6-7/h1-4H,11-14H2;2-6H,1H3. The summed E-state index contributed by atoms with van der Waals surface area (Å²) in [6.45, 7) is 2.08. The third-order valence-electron chi connectivity index (χ3n) is 3.27. The van der Waals surface area contributed by atoms with Crippen LogP contribution in [0.15, 0.2) is 54.6 Å². The predicted octanol–water partition coefficient (Wildman–Crippen LogP) is 3.16. The van der Waals surface area contributed by atoms with Crippen molar-refractivity contribution < 1.29 is 0 Å². The zero-order valence-corrected chi connectivity index (χ0v) is 12.0. The van der Waals surface area contributed by atoms with Crippen LogP contribution in [0.1, 0.15) is 5.56 Å². The van der Waals surface area contributed by atoms with Gasteiger partial charge in [0.25, 0.3) is 0 Å². The van der Waals surface area contributed by atoms with Gasteiger partial charge in [-0.25, -0.2) is 0 Å². The first-order chi connectivity index (χ1) is 10.0. The third-order valence-corrected chi connectivity index (χ3v) is 3.27. The van der Waals surface area contributed by atoms with Gasteiger partial charge in [0, 0.05) is 16.5 Å². The normalized spacial score (nSPS) is 9.95. The summed E-state index contributed by atoms with van der Waals surface area (Å²) in [7, 11) is 0. The molecule has 0 unspecified atom stereocenters. The molecule has 0 radical (unpaired) electrons. The molecule has 0 bridgehead atoms. The molecule has 0 heterocycles. The Morgan fingerprint density at radius 2 is 1.29 bits per heavy atom. The molecule has 0 fully saturated rings. The highest BCUT2D eigenvalue weighted by molar-refractivity contribution is 6.07. The lowest BCUT2D eigenvalue weighted by Crippen LogP contribution is -2.01. The fourth-order valence-electron chi connectivity index (χ4n) is 2.05. The molecule has 8 N–H and O–H groups in total. The molecule has 0 aliphatic carbocycles. The first-order valence-electron chi connectivity index (χ1n) is 6.64. The van der Waals surface area contributed by atoms with Crippen LogP contribution in [0.25, 0.3) is 10.8 Å². The number of anilines is 4. The number of rotatable bonds is 0. The number of aryl methyl sites for hydroxylation is 1. The summed E-state index contributed by atoms with van der Waals surface area (Å²) in [4.78, 5) is 0. The number of nitrogens with two attached hydrogens (primary N) is 4. The molecule has 0 saturated heterocycles. The van der Waals surface area contributed by atoms with Crippen LogP contribution >= 0.6 is 0 Å². The van der Waals surface area contributed by atoms with E-state index in [0.717, 1.165) is 10.8 Å². The summed E-state index contributed by atoms with van der Waals surface area (Å²) in [5.41, 5.74) is 26.4. The molecule has 4 heteroatoms. The van der Waals surface area contributed by atoms with Crippen LogP contribution in [0.3, 0.4) is 0 Å². The van der Waals surface area contributed by atoms with Crippen LogP contribution in [-0.2, 0) is 0 Å². The highest BCUT2D eigenvalue weighted by Gasteiger charge is 2.07. The Kier molecular flexibility index (Phi) is 4.18. The topological polar surface area (TPSA) is 104 Å². The fourth-order valence-corrected chi connectivity index (χ4v) is 2.05. The lowest BCUT2D eigenvalue weighted by Gasteiger charge is -2.09. The smallest absolute Gasteiger partial charge is 0.0787 e. The predicted molar refractivity (Wildman–Crippen MR) is 92.8 cm³/mol. The van der Waals surface area contributed by atoms with Crippen molar-refractivity contribution in [1.82, 2.24) is 0 Å². The van der Waals surface area contributed by atoms with E-state index >= 15 is 0 Å². The molecule has 0 amide bonds. The maximum Gasteiger partial charge on any atom is 0.0787 e. The maximum absolute atomic E-state index is 5.83. The van der Waals surface area contributed by atoms with Crippen LogP contribution in [0.5, 0.6) is 0 Å². The summed E-state index contributed by atoms with van der Waals surface area (Å²) >= 11 is 0.